The summed E-state index contributed by atoms with van der Waals surface area (Å²) < 4.78 is 11.6. The standard InChI is InChI=1S/C20H27BrO5.C15H19BrO3/c1-7-25-17(23)20(6,18(24)26-8-2)12-14-10-9-13(11-15(14)21)16(22)19(3,4)5;1-9(14(18)19)7-10-5-6-11(8-12(10)16)13(17)15(2,3)4/h9-11H,7-8,12H2,1-6H3;5-6,8-9H,7H2,1-4H3,(H,18,19). The van der Waals surface area contributed by atoms with E-state index in [1.54, 1.807) is 51.1 Å². The van der Waals surface area contributed by atoms with Gasteiger partial charge in [-0.2, -0.15) is 0 Å². The first kappa shape index (κ1) is 40.2. The Labute approximate surface area is 283 Å². The van der Waals surface area contributed by atoms with Crippen molar-refractivity contribution in [1.82, 2.24) is 0 Å². The molecule has 0 spiro atoms. The summed E-state index contributed by atoms with van der Waals surface area (Å²) in [5.74, 6) is -2.42. The van der Waals surface area contributed by atoms with Gasteiger partial charge in [-0.15, -0.1) is 0 Å². The Bertz CT molecular complexity index is 1380. The summed E-state index contributed by atoms with van der Waals surface area (Å²) >= 11 is 6.87. The van der Waals surface area contributed by atoms with E-state index in [0.717, 1.165) is 15.6 Å². The molecule has 8 nitrogen and oxygen atoms in total. The first-order chi connectivity index (χ1) is 20.6. The van der Waals surface area contributed by atoms with Crippen molar-refractivity contribution in [2.45, 2.75) is 82.1 Å². The van der Waals surface area contributed by atoms with Crippen LogP contribution in [0, 0.1) is 22.2 Å². The van der Waals surface area contributed by atoms with Crippen molar-refractivity contribution in [3.8, 4) is 0 Å². The third-order valence-electron chi connectivity index (χ3n) is 6.94. The third-order valence-corrected chi connectivity index (χ3v) is 8.41. The van der Waals surface area contributed by atoms with Gasteiger partial charge in [0.1, 0.15) is 0 Å². The van der Waals surface area contributed by atoms with Crippen molar-refractivity contribution >= 4 is 61.3 Å². The van der Waals surface area contributed by atoms with E-state index in [4.69, 9.17) is 14.6 Å². The van der Waals surface area contributed by atoms with Crippen LogP contribution in [0.3, 0.4) is 0 Å². The van der Waals surface area contributed by atoms with Crippen molar-refractivity contribution in [2.24, 2.45) is 22.2 Å². The largest absolute Gasteiger partial charge is 0.481 e. The van der Waals surface area contributed by atoms with Gasteiger partial charge in [0.25, 0.3) is 0 Å². The fourth-order valence-corrected chi connectivity index (χ4v) is 5.22. The fraction of sp³-hybridized carbons (Fsp3) is 0.514. The highest BCUT2D eigenvalue weighted by Crippen LogP contribution is 2.32. The van der Waals surface area contributed by atoms with Gasteiger partial charge < -0.3 is 14.6 Å². The lowest BCUT2D eigenvalue weighted by atomic mass is 9.82. The molecule has 0 aromatic heterocycles. The molecular formula is C35H46Br2O8. The Morgan fingerprint density at radius 1 is 0.711 bits per heavy atom. The zero-order valence-electron chi connectivity index (χ0n) is 27.9. The fourth-order valence-electron chi connectivity index (χ4n) is 4.16. The topological polar surface area (TPSA) is 124 Å². The molecule has 2 rings (SSSR count). The number of hydrogen-bond donors (Lipinski definition) is 1. The second-order valence-electron chi connectivity index (χ2n) is 13.2. The van der Waals surface area contributed by atoms with E-state index in [2.05, 4.69) is 31.9 Å². The Morgan fingerprint density at radius 3 is 1.40 bits per heavy atom. The number of Topliss-reactive ketones (excluding diaryl/α,β-unsaturated/α-hetero) is 2. The number of ether oxygens (including phenoxy) is 2. The van der Waals surface area contributed by atoms with Gasteiger partial charge in [0.2, 0.25) is 0 Å². The zero-order chi connectivity index (χ0) is 34.9. The van der Waals surface area contributed by atoms with Gasteiger partial charge in [0, 0.05) is 37.3 Å². The molecule has 248 valence electrons. The van der Waals surface area contributed by atoms with Crippen LogP contribution in [-0.4, -0.2) is 47.8 Å². The van der Waals surface area contributed by atoms with Crippen LogP contribution in [0.4, 0.5) is 0 Å². The van der Waals surface area contributed by atoms with Crippen LogP contribution in [0.1, 0.15) is 101 Å². The third kappa shape index (κ3) is 11.5. The predicted octanol–water partition coefficient (Wildman–Crippen LogP) is 8.29. The van der Waals surface area contributed by atoms with Crippen molar-refractivity contribution in [1.29, 1.82) is 0 Å². The Hall–Kier alpha value is -2.85. The maximum Gasteiger partial charge on any atom is 0.323 e. The number of aliphatic carboxylic acids is 1. The zero-order valence-corrected chi connectivity index (χ0v) is 31.1. The first-order valence-corrected chi connectivity index (χ1v) is 16.4. The van der Waals surface area contributed by atoms with Crippen molar-refractivity contribution in [3.05, 3.63) is 67.6 Å². The van der Waals surface area contributed by atoms with Crippen LogP contribution >= 0.6 is 31.9 Å². The SMILES string of the molecule is CC(Cc1ccc(C(=O)C(C)(C)C)cc1Br)C(=O)O.CCOC(=O)C(C)(Cc1ccc(C(=O)C(C)(C)C)cc1Br)C(=O)OCC. The number of halogens is 2. The second kappa shape index (κ2) is 16.6. The highest BCUT2D eigenvalue weighted by Gasteiger charge is 2.44. The summed E-state index contributed by atoms with van der Waals surface area (Å²) in [6, 6.07) is 10.5. The number of carbonyl (C=O) groups is 5. The molecule has 0 heterocycles. The van der Waals surface area contributed by atoms with Crippen LogP contribution in [0.5, 0.6) is 0 Å². The number of carboxylic acids is 1. The molecule has 0 saturated heterocycles. The molecule has 0 aliphatic carbocycles. The minimum absolute atomic E-state index is 0.0169. The second-order valence-corrected chi connectivity index (χ2v) is 14.9. The van der Waals surface area contributed by atoms with E-state index in [1.807, 2.05) is 47.6 Å². The molecular weight excluding hydrogens is 708 g/mol. The van der Waals surface area contributed by atoms with Gasteiger partial charge in [0.05, 0.1) is 19.1 Å². The average Bonchev–Trinajstić information content (AvgIpc) is 2.93. The summed E-state index contributed by atoms with van der Waals surface area (Å²) in [7, 11) is 0. The predicted molar refractivity (Wildman–Crippen MR) is 181 cm³/mol. The quantitative estimate of drug-likeness (QED) is 0.138. The molecule has 0 bridgehead atoms. The molecule has 0 aliphatic rings. The molecule has 2 aromatic carbocycles. The smallest absolute Gasteiger partial charge is 0.323 e. The summed E-state index contributed by atoms with van der Waals surface area (Å²) in [4.78, 5) is 60.3. The molecule has 1 N–H and O–H groups in total. The molecule has 10 heteroatoms. The van der Waals surface area contributed by atoms with E-state index in [-0.39, 0.29) is 31.2 Å². The molecule has 0 aliphatic heterocycles. The number of carboxylic acid groups (broad SMARTS) is 1. The lowest BCUT2D eigenvalue weighted by Gasteiger charge is -2.25. The molecule has 1 unspecified atom stereocenters. The van der Waals surface area contributed by atoms with E-state index in [1.165, 1.54) is 6.92 Å². The highest BCUT2D eigenvalue weighted by molar-refractivity contribution is 9.10. The lowest BCUT2D eigenvalue weighted by Crippen LogP contribution is -2.41. The minimum Gasteiger partial charge on any atom is -0.481 e. The highest BCUT2D eigenvalue weighted by atomic mass is 79.9. The summed E-state index contributed by atoms with van der Waals surface area (Å²) in [5, 5.41) is 8.91. The van der Waals surface area contributed by atoms with Crippen molar-refractivity contribution < 1.29 is 38.6 Å². The molecule has 1 atom stereocenters. The maximum atomic E-state index is 12.4. The average molecular weight is 755 g/mol. The van der Waals surface area contributed by atoms with E-state index in [9.17, 15) is 24.0 Å². The van der Waals surface area contributed by atoms with E-state index < -0.39 is 40.1 Å². The van der Waals surface area contributed by atoms with Gasteiger partial charge in [-0.25, -0.2) is 0 Å². The maximum absolute atomic E-state index is 12.4. The number of benzene rings is 2. The molecule has 0 radical (unpaired) electrons. The normalized spacial score (nSPS) is 12.4. The minimum atomic E-state index is -1.45. The lowest BCUT2D eigenvalue weighted by molar-refractivity contribution is -0.170. The van der Waals surface area contributed by atoms with Gasteiger partial charge in [-0.3, -0.25) is 24.0 Å². The van der Waals surface area contributed by atoms with Crippen LogP contribution in [0.2, 0.25) is 0 Å². The molecule has 45 heavy (non-hydrogen) atoms. The van der Waals surface area contributed by atoms with Gasteiger partial charge in [-0.1, -0.05) is 105 Å². The van der Waals surface area contributed by atoms with Gasteiger partial charge in [-0.05, 0) is 50.5 Å². The monoisotopic (exact) mass is 752 g/mol. The van der Waals surface area contributed by atoms with Crippen molar-refractivity contribution in [2.75, 3.05) is 13.2 Å². The number of hydrogen-bond acceptors (Lipinski definition) is 7. The molecule has 0 amide bonds. The van der Waals surface area contributed by atoms with Gasteiger partial charge >= 0.3 is 17.9 Å². The van der Waals surface area contributed by atoms with E-state index in [0.29, 0.717) is 22.0 Å². The van der Waals surface area contributed by atoms with E-state index >= 15 is 0 Å². The Kier molecular flexibility index (Phi) is 14.8. The van der Waals surface area contributed by atoms with Crippen LogP contribution < -0.4 is 0 Å². The number of ketones is 2. The number of carbonyl (C=O) groups excluding carboxylic acids is 4. The summed E-state index contributed by atoms with van der Waals surface area (Å²) in [5.41, 5.74) is 0.470. The van der Waals surface area contributed by atoms with Crippen molar-refractivity contribution in [3.63, 3.8) is 0 Å². The number of rotatable bonds is 11. The Morgan fingerprint density at radius 2 is 1.09 bits per heavy atom. The number of esters is 2. The molecule has 0 fully saturated rings. The van der Waals surface area contributed by atoms with Gasteiger partial charge in [0.15, 0.2) is 17.0 Å². The molecule has 2 aromatic rings. The van der Waals surface area contributed by atoms with Crippen LogP contribution in [-0.2, 0) is 36.7 Å². The van der Waals surface area contributed by atoms with Crippen LogP contribution in [0.15, 0.2) is 45.3 Å². The first-order valence-electron chi connectivity index (χ1n) is 14.8. The summed E-state index contributed by atoms with van der Waals surface area (Å²) in [6.45, 7) is 18.1. The summed E-state index contributed by atoms with van der Waals surface area (Å²) in [6.07, 6.45) is 0.551. The Balaban J connectivity index is 0.000000472. The molecule has 0 saturated carbocycles. The van der Waals surface area contributed by atoms with Crippen LogP contribution in [0.25, 0.3) is 0 Å².